The molecule has 18 heavy (non-hydrogen) atoms. The van der Waals surface area contributed by atoms with Gasteiger partial charge in [-0.05, 0) is 12.0 Å². The summed E-state index contributed by atoms with van der Waals surface area (Å²) in [5.41, 5.74) is 8.49. The van der Waals surface area contributed by atoms with Crippen LogP contribution >= 0.6 is 11.3 Å². The maximum atomic E-state index is 10.2. The van der Waals surface area contributed by atoms with Crippen molar-refractivity contribution in [3.63, 3.8) is 0 Å². The van der Waals surface area contributed by atoms with Gasteiger partial charge in [-0.25, -0.2) is 4.98 Å². The van der Waals surface area contributed by atoms with Gasteiger partial charge >= 0.3 is 0 Å². The SMILES string of the molecule is Nc1nc(-c2ccc(CCNC(=O)[O-])cc2)cs1. The number of carbonyl (C=O) groups excluding carboxylic acids is 1. The maximum Gasteiger partial charge on any atom is 0.180 e. The maximum absolute atomic E-state index is 10.2. The number of benzene rings is 1. The number of nitrogens with one attached hydrogen (secondary N) is 1. The highest BCUT2D eigenvalue weighted by molar-refractivity contribution is 7.13. The van der Waals surface area contributed by atoms with Crippen LogP contribution in [0.4, 0.5) is 9.93 Å². The minimum Gasteiger partial charge on any atom is -0.530 e. The lowest BCUT2D eigenvalue weighted by atomic mass is 10.1. The minimum atomic E-state index is -1.25. The van der Waals surface area contributed by atoms with Crippen LogP contribution in [0.25, 0.3) is 11.3 Å². The zero-order chi connectivity index (χ0) is 13.0. The number of thiazole rings is 1. The normalized spacial score (nSPS) is 10.2. The van der Waals surface area contributed by atoms with Gasteiger partial charge in [-0.3, -0.25) is 0 Å². The quantitative estimate of drug-likeness (QED) is 0.855. The number of carboxylic acid groups (broad SMARTS) is 1. The van der Waals surface area contributed by atoms with Crippen LogP contribution in [0.3, 0.4) is 0 Å². The number of anilines is 1. The zero-order valence-corrected chi connectivity index (χ0v) is 10.4. The highest BCUT2D eigenvalue weighted by Gasteiger charge is 2.02. The summed E-state index contributed by atoms with van der Waals surface area (Å²) < 4.78 is 0. The smallest absolute Gasteiger partial charge is 0.180 e. The molecule has 0 aliphatic rings. The van der Waals surface area contributed by atoms with Gasteiger partial charge in [0.15, 0.2) is 5.13 Å². The van der Waals surface area contributed by atoms with Gasteiger partial charge in [-0.15, -0.1) is 11.3 Å². The number of nitrogens with zero attached hydrogens (tertiary/aromatic N) is 1. The van der Waals surface area contributed by atoms with Crippen molar-refractivity contribution in [3.05, 3.63) is 35.2 Å². The van der Waals surface area contributed by atoms with E-state index in [1.165, 1.54) is 11.3 Å². The first-order chi connectivity index (χ1) is 8.65. The number of hydrogen-bond acceptors (Lipinski definition) is 5. The Morgan fingerprint density at radius 1 is 1.39 bits per heavy atom. The van der Waals surface area contributed by atoms with Gasteiger partial charge in [0, 0.05) is 17.5 Å². The Morgan fingerprint density at radius 3 is 2.67 bits per heavy atom. The summed E-state index contributed by atoms with van der Waals surface area (Å²) in [5.74, 6) is 0. The fraction of sp³-hybridized carbons (Fsp3) is 0.167. The minimum absolute atomic E-state index is 0.353. The van der Waals surface area contributed by atoms with Gasteiger partial charge in [-0.1, -0.05) is 24.3 Å². The van der Waals surface area contributed by atoms with Crippen molar-refractivity contribution in [1.29, 1.82) is 0 Å². The topological polar surface area (TPSA) is 91.1 Å². The molecule has 6 heteroatoms. The lowest BCUT2D eigenvalue weighted by Crippen LogP contribution is -2.37. The van der Waals surface area contributed by atoms with Crippen LogP contribution in [0.2, 0.25) is 0 Å². The van der Waals surface area contributed by atoms with E-state index < -0.39 is 6.09 Å². The van der Waals surface area contributed by atoms with Crippen molar-refractivity contribution < 1.29 is 9.90 Å². The fourth-order valence-corrected chi connectivity index (χ4v) is 2.14. The molecule has 5 nitrogen and oxygen atoms in total. The van der Waals surface area contributed by atoms with E-state index in [1.807, 2.05) is 29.6 Å². The van der Waals surface area contributed by atoms with Gasteiger partial charge in [0.1, 0.15) is 6.09 Å². The Morgan fingerprint density at radius 2 is 2.11 bits per heavy atom. The summed E-state index contributed by atoms with van der Waals surface area (Å²) in [7, 11) is 0. The van der Waals surface area contributed by atoms with Crippen LogP contribution in [-0.4, -0.2) is 17.6 Å². The summed E-state index contributed by atoms with van der Waals surface area (Å²) >= 11 is 1.40. The number of hydrogen-bond donors (Lipinski definition) is 2. The van der Waals surface area contributed by atoms with Crippen LogP contribution < -0.4 is 16.2 Å². The van der Waals surface area contributed by atoms with E-state index in [-0.39, 0.29) is 0 Å². The average Bonchev–Trinajstić information content (AvgIpc) is 2.76. The first kappa shape index (κ1) is 12.4. The molecule has 0 atom stereocenters. The molecular formula is C12H12N3O2S-. The Kier molecular flexibility index (Phi) is 3.78. The second-order valence-electron chi connectivity index (χ2n) is 3.73. The summed E-state index contributed by atoms with van der Waals surface area (Å²) in [6, 6.07) is 7.79. The largest absolute Gasteiger partial charge is 0.530 e. The average molecular weight is 262 g/mol. The number of nitrogens with two attached hydrogens (primary N) is 1. The van der Waals surface area contributed by atoms with Crippen molar-refractivity contribution in [2.45, 2.75) is 6.42 Å². The number of amides is 1. The molecule has 0 fully saturated rings. The molecule has 2 rings (SSSR count). The monoisotopic (exact) mass is 262 g/mol. The molecule has 0 bridgehead atoms. The second kappa shape index (κ2) is 5.50. The molecule has 2 aromatic rings. The molecule has 0 unspecified atom stereocenters. The number of aromatic nitrogens is 1. The van der Waals surface area contributed by atoms with Gasteiger partial charge in [0.05, 0.1) is 5.69 Å². The van der Waals surface area contributed by atoms with Crippen LogP contribution in [0.1, 0.15) is 5.56 Å². The van der Waals surface area contributed by atoms with E-state index >= 15 is 0 Å². The molecule has 3 N–H and O–H groups in total. The molecule has 94 valence electrons. The third-order valence-corrected chi connectivity index (χ3v) is 3.13. The van der Waals surface area contributed by atoms with Crippen LogP contribution in [0.5, 0.6) is 0 Å². The van der Waals surface area contributed by atoms with Gasteiger partial charge in [0.2, 0.25) is 0 Å². The Labute approximate surface area is 108 Å². The van der Waals surface area contributed by atoms with E-state index in [2.05, 4.69) is 10.3 Å². The summed E-state index contributed by atoms with van der Waals surface area (Å²) in [6.07, 6.45) is -0.613. The molecule has 1 heterocycles. The van der Waals surface area contributed by atoms with Crippen molar-refractivity contribution in [2.75, 3.05) is 12.3 Å². The molecular weight excluding hydrogens is 250 g/mol. The number of nitrogen functional groups attached to an aromatic ring is 1. The van der Waals surface area contributed by atoms with E-state index in [4.69, 9.17) is 5.73 Å². The molecule has 0 saturated heterocycles. The Bertz CT molecular complexity index is 537. The van der Waals surface area contributed by atoms with Crippen LogP contribution in [0.15, 0.2) is 29.6 Å². The Hall–Kier alpha value is -2.08. The summed E-state index contributed by atoms with van der Waals surface area (Å²) in [4.78, 5) is 14.4. The summed E-state index contributed by atoms with van der Waals surface area (Å²) in [6.45, 7) is 0.353. The van der Waals surface area contributed by atoms with Gasteiger partial charge < -0.3 is 21.0 Å². The van der Waals surface area contributed by atoms with E-state index in [0.717, 1.165) is 16.8 Å². The molecule has 0 radical (unpaired) electrons. The first-order valence-corrected chi connectivity index (χ1v) is 6.28. The predicted molar refractivity (Wildman–Crippen MR) is 69.1 cm³/mol. The molecule has 0 aliphatic carbocycles. The fourth-order valence-electron chi connectivity index (χ4n) is 1.57. The molecule has 0 spiro atoms. The van der Waals surface area contributed by atoms with Crippen LogP contribution in [-0.2, 0) is 6.42 Å². The molecule has 1 aromatic heterocycles. The van der Waals surface area contributed by atoms with Crippen LogP contribution in [0, 0.1) is 0 Å². The number of rotatable bonds is 4. The molecule has 0 saturated carbocycles. The van der Waals surface area contributed by atoms with Gasteiger partial charge in [-0.2, -0.15) is 0 Å². The van der Waals surface area contributed by atoms with Crippen molar-refractivity contribution in [3.8, 4) is 11.3 Å². The second-order valence-corrected chi connectivity index (χ2v) is 4.62. The van der Waals surface area contributed by atoms with Gasteiger partial charge in [0.25, 0.3) is 0 Å². The van der Waals surface area contributed by atoms with E-state index in [0.29, 0.717) is 18.1 Å². The molecule has 1 aromatic carbocycles. The predicted octanol–water partition coefficient (Wildman–Crippen LogP) is 0.868. The van der Waals surface area contributed by atoms with Crippen molar-refractivity contribution in [1.82, 2.24) is 10.3 Å². The highest BCUT2D eigenvalue weighted by atomic mass is 32.1. The first-order valence-electron chi connectivity index (χ1n) is 5.40. The van der Waals surface area contributed by atoms with Crippen molar-refractivity contribution >= 4 is 22.6 Å². The standard InChI is InChI=1S/C12H13N3O2S/c13-11-15-10(7-18-11)9-3-1-8(2-4-9)5-6-14-12(16)17/h1-4,7,14H,5-6H2,(H2,13,15)(H,16,17)/p-1. The molecule has 1 amide bonds. The number of carbonyl (C=O) groups is 1. The zero-order valence-electron chi connectivity index (χ0n) is 9.55. The summed E-state index contributed by atoms with van der Waals surface area (Å²) in [5, 5.41) is 14.9. The van der Waals surface area contributed by atoms with Crippen molar-refractivity contribution in [2.24, 2.45) is 0 Å². The highest BCUT2D eigenvalue weighted by Crippen LogP contribution is 2.23. The van der Waals surface area contributed by atoms with E-state index in [9.17, 15) is 9.90 Å². The lowest BCUT2D eigenvalue weighted by Gasteiger charge is -2.06. The van der Waals surface area contributed by atoms with E-state index in [1.54, 1.807) is 0 Å². The third-order valence-electron chi connectivity index (χ3n) is 2.45. The Balaban J connectivity index is 1.99. The molecule has 0 aliphatic heterocycles. The third kappa shape index (κ3) is 3.21. The lowest BCUT2D eigenvalue weighted by molar-refractivity contribution is -0.250.